The van der Waals surface area contributed by atoms with Crippen LogP contribution in [0.15, 0.2) is 47.0 Å². The predicted octanol–water partition coefficient (Wildman–Crippen LogP) is 4.21. The number of nitrogens with one attached hydrogen (secondary N) is 1. The SMILES string of the molecule is CCOc1ccc(CCc2ccc3cc(C(C)NC(C)=O)oc3c2)cn1. The van der Waals surface area contributed by atoms with E-state index < -0.39 is 0 Å². The Morgan fingerprint density at radius 2 is 1.96 bits per heavy atom. The van der Waals surface area contributed by atoms with Crippen molar-refractivity contribution < 1.29 is 13.9 Å². The molecule has 0 aliphatic carbocycles. The Bertz CT molecular complexity index is 884. The third-order valence-electron chi connectivity index (χ3n) is 4.24. The molecule has 0 saturated heterocycles. The molecule has 0 saturated carbocycles. The van der Waals surface area contributed by atoms with Crippen LogP contribution in [0.1, 0.15) is 43.7 Å². The van der Waals surface area contributed by atoms with Crippen LogP contribution >= 0.6 is 0 Å². The van der Waals surface area contributed by atoms with E-state index in [1.807, 2.05) is 32.2 Å². The fourth-order valence-electron chi connectivity index (χ4n) is 2.92. The van der Waals surface area contributed by atoms with Crippen LogP contribution in [-0.2, 0) is 17.6 Å². The zero-order chi connectivity index (χ0) is 18.5. The quantitative estimate of drug-likeness (QED) is 0.692. The highest BCUT2D eigenvalue weighted by molar-refractivity contribution is 5.79. The van der Waals surface area contributed by atoms with E-state index in [1.54, 1.807) is 0 Å². The van der Waals surface area contributed by atoms with Gasteiger partial charge in [0.2, 0.25) is 11.8 Å². The lowest BCUT2D eigenvalue weighted by Gasteiger charge is -2.08. The van der Waals surface area contributed by atoms with Gasteiger partial charge in [0.15, 0.2) is 0 Å². The molecule has 0 spiro atoms. The molecule has 3 rings (SSSR count). The lowest BCUT2D eigenvalue weighted by Crippen LogP contribution is -2.23. The number of benzene rings is 1. The summed E-state index contributed by atoms with van der Waals surface area (Å²) in [5.74, 6) is 1.36. The fourth-order valence-corrected chi connectivity index (χ4v) is 2.92. The van der Waals surface area contributed by atoms with Gasteiger partial charge in [-0.3, -0.25) is 4.79 Å². The van der Waals surface area contributed by atoms with Crippen LogP contribution in [-0.4, -0.2) is 17.5 Å². The van der Waals surface area contributed by atoms with Gasteiger partial charge < -0.3 is 14.5 Å². The summed E-state index contributed by atoms with van der Waals surface area (Å²) in [6.45, 7) is 5.99. The van der Waals surface area contributed by atoms with Crippen LogP contribution in [0.5, 0.6) is 5.88 Å². The number of fused-ring (bicyclic) bond motifs is 1. The summed E-state index contributed by atoms with van der Waals surface area (Å²) in [5.41, 5.74) is 3.23. The lowest BCUT2D eigenvalue weighted by atomic mass is 10.0. The summed E-state index contributed by atoms with van der Waals surface area (Å²) >= 11 is 0. The van der Waals surface area contributed by atoms with Gasteiger partial charge in [-0.05, 0) is 49.9 Å². The molecule has 1 aromatic carbocycles. The molecule has 0 aliphatic rings. The standard InChI is InChI=1S/C21H24N2O3/c1-4-25-21-10-8-17(13-22-21)6-5-16-7-9-18-12-19(26-20(18)11-16)14(2)23-15(3)24/h7-14H,4-6H2,1-3H3,(H,23,24). The zero-order valence-corrected chi connectivity index (χ0v) is 15.4. The zero-order valence-electron chi connectivity index (χ0n) is 15.4. The highest BCUT2D eigenvalue weighted by Gasteiger charge is 2.12. The number of pyridine rings is 1. The Morgan fingerprint density at radius 1 is 1.19 bits per heavy atom. The first kappa shape index (κ1) is 18.0. The second-order valence-electron chi connectivity index (χ2n) is 6.38. The Kier molecular flexibility index (Phi) is 5.56. The largest absolute Gasteiger partial charge is 0.478 e. The number of carbonyl (C=O) groups excluding carboxylic acids is 1. The monoisotopic (exact) mass is 352 g/mol. The van der Waals surface area contributed by atoms with Crippen LogP contribution in [0.3, 0.4) is 0 Å². The fraction of sp³-hybridized carbons (Fsp3) is 0.333. The minimum atomic E-state index is -0.140. The number of furan rings is 1. The van der Waals surface area contributed by atoms with Crippen molar-refractivity contribution in [2.24, 2.45) is 0 Å². The summed E-state index contributed by atoms with van der Waals surface area (Å²) in [6, 6.07) is 12.1. The van der Waals surface area contributed by atoms with E-state index in [2.05, 4.69) is 34.6 Å². The lowest BCUT2D eigenvalue weighted by molar-refractivity contribution is -0.119. The smallest absolute Gasteiger partial charge is 0.217 e. The van der Waals surface area contributed by atoms with Gasteiger partial charge in [-0.1, -0.05) is 18.2 Å². The van der Waals surface area contributed by atoms with Crippen LogP contribution in [0.25, 0.3) is 11.0 Å². The van der Waals surface area contributed by atoms with Gasteiger partial charge in [-0.25, -0.2) is 4.98 Å². The van der Waals surface area contributed by atoms with Crippen molar-refractivity contribution >= 4 is 16.9 Å². The maximum atomic E-state index is 11.2. The van der Waals surface area contributed by atoms with Gasteiger partial charge in [0.25, 0.3) is 0 Å². The summed E-state index contributed by atoms with van der Waals surface area (Å²) in [6.07, 6.45) is 3.67. The van der Waals surface area contributed by atoms with E-state index in [1.165, 1.54) is 18.1 Å². The first-order valence-electron chi connectivity index (χ1n) is 8.92. The molecule has 0 aliphatic heterocycles. The summed E-state index contributed by atoms with van der Waals surface area (Å²) in [4.78, 5) is 15.5. The maximum absolute atomic E-state index is 11.2. The van der Waals surface area contributed by atoms with Gasteiger partial charge in [-0.15, -0.1) is 0 Å². The first-order chi connectivity index (χ1) is 12.5. The van der Waals surface area contributed by atoms with Gasteiger partial charge >= 0.3 is 0 Å². The summed E-state index contributed by atoms with van der Waals surface area (Å²) < 4.78 is 11.3. The molecule has 2 heterocycles. The van der Waals surface area contributed by atoms with Crippen LogP contribution in [0.4, 0.5) is 0 Å². The number of aryl methyl sites for hydroxylation is 2. The molecule has 0 radical (unpaired) electrons. The van der Waals surface area contributed by atoms with Gasteiger partial charge in [-0.2, -0.15) is 0 Å². The van der Waals surface area contributed by atoms with E-state index in [9.17, 15) is 4.79 Å². The number of nitrogens with zero attached hydrogens (tertiary/aromatic N) is 1. The molecular weight excluding hydrogens is 328 g/mol. The molecule has 136 valence electrons. The number of hydrogen-bond acceptors (Lipinski definition) is 4. The molecule has 1 unspecified atom stereocenters. The molecule has 1 N–H and O–H groups in total. The molecule has 3 aromatic rings. The molecular formula is C21H24N2O3. The normalized spacial score (nSPS) is 12.1. The Balaban J connectivity index is 1.67. The number of aromatic nitrogens is 1. The van der Waals surface area contributed by atoms with Gasteiger partial charge in [0.05, 0.1) is 12.6 Å². The third kappa shape index (κ3) is 4.42. The van der Waals surface area contributed by atoms with Crippen molar-refractivity contribution in [1.29, 1.82) is 0 Å². The van der Waals surface area contributed by atoms with Crippen molar-refractivity contribution in [3.63, 3.8) is 0 Å². The molecule has 2 aromatic heterocycles. The summed E-state index contributed by atoms with van der Waals surface area (Å²) in [7, 11) is 0. The van der Waals surface area contributed by atoms with Crippen molar-refractivity contribution in [3.05, 3.63) is 59.5 Å². The van der Waals surface area contributed by atoms with Crippen molar-refractivity contribution in [2.75, 3.05) is 6.61 Å². The second-order valence-corrected chi connectivity index (χ2v) is 6.38. The summed E-state index contributed by atoms with van der Waals surface area (Å²) in [5, 5.41) is 3.89. The van der Waals surface area contributed by atoms with E-state index in [-0.39, 0.29) is 11.9 Å². The molecule has 5 heteroatoms. The molecule has 1 amide bonds. The average Bonchev–Trinajstić information content (AvgIpc) is 3.04. The molecule has 0 bridgehead atoms. The van der Waals surface area contributed by atoms with E-state index in [4.69, 9.17) is 9.15 Å². The van der Waals surface area contributed by atoms with Crippen LogP contribution in [0.2, 0.25) is 0 Å². The van der Waals surface area contributed by atoms with E-state index in [0.717, 1.165) is 29.6 Å². The molecule has 5 nitrogen and oxygen atoms in total. The van der Waals surface area contributed by atoms with Crippen molar-refractivity contribution in [2.45, 2.75) is 39.7 Å². The minimum absolute atomic E-state index is 0.0670. The molecule has 26 heavy (non-hydrogen) atoms. The van der Waals surface area contributed by atoms with Crippen LogP contribution < -0.4 is 10.1 Å². The number of carbonyl (C=O) groups is 1. The van der Waals surface area contributed by atoms with E-state index >= 15 is 0 Å². The Hall–Kier alpha value is -2.82. The molecule has 1 atom stereocenters. The van der Waals surface area contributed by atoms with Crippen molar-refractivity contribution in [3.8, 4) is 5.88 Å². The van der Waals surface area contributed by atoms with Crippen LogP contribution in [0, 0.1) is 0 Å². The Labute approximate surface area is 153 Å². The minimum Gasteiger partial charge on any atom is -0.478 e. The average molecular weight is 352 g/mol. The van der Waals surface area contributed by atoms with Crippen molar-refractivity contribution in [1.82, 2.24) is 10.3 Å². The predicted molar refractivity (Wildman–Crippen MR) is 101 cm³/mol. The highest BCUT2D eigenvalue weighted by atomic mass is 16.5. The van der Waals surface area contributed by atoms with Gasteiger partial charge in [0, 0.05) is 24.6 Å². The first-order valence-corrected chi connectivity index (χ1v) is 8.92. The molecule has 0 fully saturated rings. The third-order valence-corrected chi connectivity index (χ3v) is 4.24. The highest BCUT2D eigenvalue weighted by Crippen LogP contribution is 2.25. The van der Waals surface area contributed by atoms with Gasteiger partial charge in [0.1, 0.15) is 11.3 Å². The number of rotatable bonds is 7. The number of ether oxygens (including phenoxy) is 1. The number of amides is 1. The maximum Gasteiger partial charge on any atom is 0.217 e. The van der Waals surface area contributed by atoms with E-state index in [0.29, 0.717) is 12.5 Å². The Morgan fingerprint density at radius 3 is 2.65 bits per heavy atom. The second kappa shape index (κ2) is 8.04. The number of hydrogen-bond donors (Lipinski definition) is 1. The topological polar surface area (TPSA) is 64.4 Å².